The summed E-state index contributed by atoms with van der Waals surface area (Å²) >= 11 is 0. The fourth-order valence-corrected chi connectivity index (χ4v) is 0.936. The highest BCUT2D eigenvalue weighted by Gasteiger charge is 2.14. The van der Waals surface area contributed by atoms with Gasteiger partial charge in [-0.05, 0) is 12.1 Å². The molecule has 0 aliphatic heterocycles. The average Bonchev–Trinajstić information content (AvgIpc) is 2.18. The highest BCUT2D eigenvalue weighted by Crippen LogP contribution is 1.99. The van der Waals surface area contributed by atoms with Crippen molar-refractivity contribution < 1.29 is 15.0 Å². The van der Waals surface area contributed by atoms with Gasteiger partial charge in [-0.1, -0.05) is 6.07 Å². The van der Waals surface area contributed by atoms with Crippen molar-refractivity contribution in [2.75, 3.05) is 6.61 Å². The van der Waals surface area contributed by atoms with Crippen LogP contribution in [-0.4, -0.2) is 33.7 Å². The zero-order chi connectivity index (χ0) is 9.68. The van der Waals surface area contributed by atoms with Crippen molar-refractivity contribution in [2.45, 2.75) is 12.5 Å². The first kappa shape index (κ1) is 9.83. The topological polar surface area (TPSA) is 70.4 Å². The van der Waals surface area contributed by atoms with Gasteiger partial charge >= 0.3 is 0 Å². The lowest BCUT2D eigenvalue weighted by atomic mass is 10.1. The van der Waals surface area contributed by atoms with Gasteiger partial charge in [-0.2, -0.15) is 0 Å². The molecule has 0 aliphatic rings. The fraction of sp³-hybridized carbons (Fsp3) is 0.333. The number of nitrogens with zero attached hydrogens (tertiary/aromatic N) is 1. The average molecular weight is 181 g/mol. The maximum atomic E-state index is 10.8. The summed E-state index contributed by atoms with van der Waals surface area (Å²) in [5, 5.41) is 17.7. The third-order valence-corrected chi connectivity index (χ3v) is 1.66. The number of pyridine rings is 1. The number of rotatable bonds is 4. The monoisotopic (exact) mass is 181 g/mol. The van der Waals surface area contributed by atoms with Crippen LogP contribution < -0.4 is 0 Å². The second-order valence-corrected chi connectivity index (χ2v) is 2.67. The van der Waals surface area contributed by atoms with Crippen LogP contribution in [0.4, 0.5) is 0 Å². The second kappa shape index (κ2) is 4.69. The van der Waals surface area contributed by atoms with Gasteiger partial charge in [-0.3, -0.25) is 9.78 Å². The Balaban J connectivity index is 2.55. The summed E-state index contributed by atoms with van der Waals surface area (Å²) in [7, 11) is 0. The Morgan fingerprint density at radius 2 is 2.31 bits per heavy atom. The Kier molecular flexibility index (Phi) is 3.54. The molecule has 13 heavy (non-hydrogen) atoms. The third-order valence-electron chi connectivity index (χ3n) is 1.66. The molecule has 4 nitrogen and oxygen atoms in total. The SMILES string of the molecule is O=C(CO)C(O)Cc1ccccn1. The Hall–Kier alpha value is -1.26. The molecule has 1 rings (SSSR count). The largest absolute Gasteiger partial charge is 0.388 e. The number of aliphatic hydroxyl groups excluding tert-OH is 2. The molecular weight excluding hydrogens is 170 g/mol. The minimum Gasteiger partial charge on any atom is -0.388 e. The van der Waals surface area contributed by atoms with E-state index in [1.54, 1.807) is 24.4 Å². The lowest BCUT2D eigenvalue weighted by molar-refractivity contribution is -0.129. The zero-order valence-corrected chi connectivity index (χ0v) is 7.05. The molecular formula is C9H11NO3. The van der Waals surface area contributed by atoms with Crippen LogP contribution in [0.1, 0.15) is 5.69 Å². The number of carbonyl (C=O) groups is 1. The Bertz CT molecular complexity index is 273. The van der Waals surface area contributed by atoms with Gasteiger partial charge in [0.1, 0.15) is 12.7 Å². The lowest BCUT2D eigenvalue weighted by Crippen LogP contribution is -2.25. The van der Waals surface area contributed by atoms with Crippen LogP contribution in [0.5, 0.6) is 0 Å². The standard InChI is InChI=1S/C9H11NO3/c11-6-9(13)8(12)5-7-3-1-2-4-10-7/h1-4,8,11-12H,5-6H2. The summed E-state index contributed by atoms with van der Waals surface area (Å²) in [6.45, 7) is -0.631. The van der Waals surface area contributed by atoms with E-state index in [1.165, 1.54) is 0 Å². The van der Waals surface area contributed by atoms with Gasteiger partial charge in [0.2, 0.25) is 0 Å². The van der Waals surface area contributed by atoms with Gasteiger partial charge in [0.15, 0.2) is 5.78 Å². The summed E-state index contributed by atoms with van der Waals surface area (Å²) in [6.07, 6.45) is 0.589. The summed E-state index contributed by atoms with van der Waals surface area (Å²) in [4.78, 5) is 14.7. The summed E-state index contributed by atoms with van der Waals surface area (Å²) in [5.41, 5.74) is 0.636. The van der Waals surface area contributed by atoms with E-state index in [9.17, 15) is 9.90 Å². The maximum Gasteiger partial charge on any atom is 0.186 e. The first-order valence-corrected chi connectivity index (χ1v) is 3.95. The van der Waals surface area contributed by atoms with Crippen LogP contribution in [0.25, 0.3) is 0 Å². The number of hydrogen-bond donors (Lipinski definition) is 2. The molecule has 1 aromatic heterocycles. The van der Waals surface area contributed by atoms with Crippen molar-refractivity contribution >= 4 is 5.78 Å². The molecule has 2 N–H and O–H groups in total. The van der Waals surface area contributed by atoms with E-state index < -0.39 is 18.5 Å². The molecule has 0 amide bonds. The smallest absolute Gasteiger partial charge is 0.186 e. The molecule has 0 aliphatic carbocycles. The van der Waals surface area contributed by atoms with E-state index >= 15 is 0 Å². The second-order valence-electron chi connectivity index (χ2n) is 2.67. The molecule has 0 fully saturated rings. The predicted molar refractivity (Wildman–Crippen MR) is 46.0 cm³/mol. The van der Waals surface area contributed by atoms with Gasteiger partial charge in [0, 0.05) is 18.3 Å². The van der Waals surface area contributed by atoms with Crippen molar-refractivity contribution in [1.82, 2.24) is 4.98 Å². The summed E-state index contributed by atoms with van der Waals surface area (Å²) in [6, 6.07) is 5.25. The van der Waals surface area contributed by atoms with Crippen LogP contribution in [0.2, 0.25) is 0 Å². The van der Waals surface area contributed by atoms with E-state index in [2.05, 4.69) is 4.98 Å². The molecule has 1 atom stereocenters. The summed E-state index contributed by atoms with van der Waals surface area (Å²) in [5.74, 6) is -0.578. The maximum absolute atomic E-state index is 10.8. The van der Waals surface area contributed by atoms with E-state index in [0.717, 1.165) is 0 Å². The Morgan fingerprint density at radius 1 is 1.54 bits per heavy atom. The number of carbonyl (C=O) groups excluding carboxylic acids is 1. The molecule has 4 heteroatoms. The van der Waals surface area contributed by atoms with Crippen LogP contribution in [0, 0.1) is 0 Å². The number of hydrogen-bond acceptors (Lipinski definition) is 4. The van der Waals surface area contributed by atoms with Gasteiger partial charge in [0.25, 0.3) is 0 Å². The first-order valence-electron chi connectivity index (χ1n) is 3.95. The third kappa shape index (κ3) is 2.93. The Morgan fingerprint density at radius 3 is 2.85 bits per heavy atom. The zero-order valence-electron chi connectivity index (χ0n) is 7.05. The quantitative estimate of drug-likeness (QED) is 0.659. The van der Waals surface area contributed by atoms with E-state index in [4.69, 9.17) is 5.11 Å². The highest BCUT2D eigenvalue weighted by molar-refractivity contribution is 5.83. The van der Waals surface area contributed by atoms with E-state index in [-0.39, 0.29) is 6.42 Å². The molecule has 0 saturated heterocycles. The molecule has 0 aromatic carbocycles. The molecule has 0 radical (unpaired) electrons. The normalized spacial score (nSPS) is 12.5. The van der Waals surface area contributed by atoms with Crippen molar-refractivity contribution in [1.29, 1.82) is 0 Å². The van der Waals surface area contributed by atoms with Gasteiger partial charge in [-0.25, -0.2) is 0 Å². The van der Waals surface area contributed by atoms with Crippen LogP contribution in [0.15, 0.2) is 24.4 Å². The fourth-order valence-electron chi connectivity index (χ4n) is 0.936. The summed E-state index contributed by atoms with van der Waals surface area (Å²) < 4.78 is 0. The number of Topliss-reactive ketones (excluding diaryl/α,β-unsaturated/α-hetero) is 1. The van der Waals surface area contributed by atoms with Crippen molar-refractivity contribution in [3.63, 3.8) is 0 Å². The van der Waals surface area contributed by atoms with E-state index in [0.29, 0.717) is 5.69 Å². The number of aliphatic hydroxyl groups is 2. The molecule has 70 valence electrons. The predicted octanol–water partition coefficient (Wildman–Crippen LogP) is -0.454. The molecule has 0 bridgehead atoms. The van der Waals surface area contributed by atoms with Crippen molar-refractivity contribution in [3.8, 4) is 0 Å². The lowest BCUT2D eigenvalue weighted by Gasteiger charge is -2.06. The number of aromatic nitrogens is 1. The van der Waals surface area contributed by atoms with Gasteiger partial charge in [-0.15, -0.1) is 0 Å². The van der Waals surface area contributed by atoms with E-state index in [1.807, 2.05) is 0 Å². The molecule has 1 aromatic rings. The van der Waals surface area contributed by atoms with Crippen LogP contribution >= 0.6 is 0 Å². The van der Waals surface area contributed by atoms with Crippen molar-refractivity contribution in [3.05, 3.63) is 30.1 Å². The number of ketones is 1. The Labute approximate surface area is 75.9 Å². The van der Waals surface area contributed by atoms with Gasteiger partial charge < -0.3 is 10.2 Å². The van der Waals surface area contributed by atoms with Crippen LogP contribution in [0.3, 0.4) is 0 Å². The van der Waals surface area contributed by atoms with Crippen molar-refractivity contribution in [2.24, 2.45) is 0 Å². The molecule has 0 spiro atoms. The van der Waals surface area contributed by atoms with Crippen LogP contribution in [-0.2, 0) is 11.2 Å². The minimum atomic E-state index is -1.15. The first-order chi connectivity index (χ1) is 6.24. The molecule has 1 heterocycles. The molecule has 0 saturated carbocycles. The van der Waals surface area contributed by atoms with Gasteiger partial charge in [0.05, 0.1) is 0 Å². The molecule has 1 unspecified atom stereocenters. The minimum absolute atomic E-state index is 0.153. The highest BCUT2D eigenvalue weighted by atomic mass is 16.3.